The summed E-state index contributed by atoms with van der Waals surface area (Å²) >= 11 is 0. The highest BCUT2D eigenvalue weighted by atomic mass is 16.5. The summed E-state index contributed by atoms with van der Waals surface area (Å²) < 4.78 is 5.17. The van der Waals surface area contributed by atoms with Crippen LogP contribution in [0.4, 0.5) is 0 Å². The normalized spacial score (nSPS) is 12.4. The van der Waals surface area contributed by atoms with Crippen molar-refractivity contribution >= 4 is 5.91 Å². The molecule has 1 atom stereocenters. The Labute approximate surface area is 119 Å². The Bertz CT molecular complexity index is 561. The predicted octanol–water partition coefficient (Wildman–Crippen LogP) is 3.36. The molecule has 0 aliphatic rings. The molecule has 0 saturated carbocycles. The highest BCUT2D eigenvalue weighted by Crippen LogP contribution is 2.13. The van der Waals surface area contributed by atoms with Crippen LogP contribution < -0.4 is 5.32 Å². The molecule has 4 heteroatoms. The molecule has 0 spiro atoms. The fourth-order valence-corrected chi connectivity index (χ4v) is 2.01. The summed E-state index contributed by atoms with van der Waals surface area (Å²) in [5, 5.41) is 6.75. The van der Waals surface area contributed by atoms with E-state index in [0.29, 0.717) is 11.6 Å². The average molecular weight is 272 g/mol. The van der Waals surface area contributed by atoms with Crippen LogP contribution in [-0.2, 0) is 6.42 Å². The van der Waals surface area contributed by atoms with Crippen LogP contribution in [0, 0.1) is 5.92 Å². The van der Waals surface area contributed by atoms with Crippen molar-refractivity contribution in [3.05, 3.63) is 53.4 Å². The van der Waals surface area contributed by atoms with E-state index in [1.807, 2.05) is 37.3 Å². The topological polar surface area (TPSA) is 55.1 Å². The zero-order valence-corrected chi connectivity index (χ0v) is 12.1. The van der Waals surface area contributed by atoms with Gasteiger partial charge >= 0.3 is 0 Å². The minimum absolute atomic E-state index is 0.0612. The molecule has 0 aliphatic carbocycles. The van der Waals surface area contributed by atoms with E-state index in [1.54, 1.807) is 6.07 Å². The first-order chi connectivity index (χ1) is 9.56. The van der Waals surface area contributed by atoms with Crippen LogP contribution in [-0.4, -0.2) is 11.1 Å². The quantitative estimate of drug-likeness (QED) is 0.908. The first-order valence-corrected chi connectivity index (χ1v) is 6.87. The van der Waals surface area contributed by atoms with Crippen LogP contribution in [0.2, 0.25) is 0 Å². The highest BCUT2D eigenvalue weighted by molar-refractivity contribution is 5.92. The van der Waals surface area contributed by atoms with Crippen molar-refractivity contribution in [1.29, 1.82) is 0 Å². The van der Waals surface area contributed by atoms with Crippen molar-refractivity contribution in [2.24, 2.45) is 5.92 Å². The number of carbonyl (C=O) groups excluding carboxylic acids is 1. The average Bonchev–Trinajstić information content (AvgIpc) is 2.87. The Morgan fingerprint density at radius 1 is 1.25 bits per heavy atom. The lowest BCUT2D eigenvalue weighted by molar-refractivity contribution is 0.0930. The molecule has 1 aromatic heterocycles. The summed E-state index contributed by atoms with van der Waals surface area (Å²) in [5.41, 5.74) is 1.40. The van der Waals surface area contributed by atoms with Crippen molar-refractivity contribution in [2.45, 2.75) is 33.2 Å². The molecule has 0 bridgehead atoms. The van der Waals surface area contributed by atoms with E-state index in [4.69, 9.17) is 4.52 Å². The fraction of sp³-hybridized carbons (Fsp3) is 0.375. The second-order valence-electron chi connectivity index (χ2n) is 5.38. The van der Waals surface area contributed by atoms with E-state index in [2.05, 4.69) is 24.3 Å². The van der Waals surface area contributed by atoms with Gasteiger partial charge in [-0.3, -0.25) is 4.79 Å². The lowest BCUT2D eigenvalue weighted by Gasteiger charge is -2.12. The van der Waals surface area contributed by atoms with Gasteiger partial charge in [-0.15, -0.1) is 0 Å². The number of nitrogens with one attached hydrogen (secondary N) is 1. The van der Waals surface area contributed by atoms with Crippen LogP contribution in [0.15, 0.2) is 40.9 Å². The minimum atomic E-state index is -0.208. The number of aromatic nitrogens is 1. The summed E-state index contributed by atoms with van der Waals surface area (Å²) in [7, 11) is 0. The number of benzene rings is 1. The van der Waals surface area contributed by atoms with Gasteiger partial charge in [0.1, 0.15) is 5.76 Å². The number of hydrogen-bond acceptors (Lipinski definition) is 3. The smallest absolute Gasteiger partial charge is 0.273 e. The second-order valence-corrected chi connectivity index (χ2v) is 5.38. The Morgan fingerprint density at radius 2 is 1.95 bits per heavy atom. The van der Waals surface area contributed by atoms with Gasteiger partial charge in [0.15, 0.2) is 5.69 Å². The van der Waals surface area contributed by atoms with Crippen molar-refractivity contribution < 1.29 is 9.32 Å². The van der Waals surface area contributed by atoms with Gasteiger partial charge in [-0.05, 0) is 18.4 Å². The highest BCUT2D eigenvalue weighted by Gasteiger charge is 2.16. The summed E-state index contributed by atoms with van der Waals surface area (Å²) in [4.78, 5) is 12.1. The van der Waals surface area contributed by atoms with Crippen LogP contribution >= 0.6 is 0 Å². The van der Waals surface area contributed by atoms with Gasteiger partial charge in [-0.2, -0.15) is 0 Å². The zero-order chi connectivity index (χ0) is 14.5. The Kier molecular flexibility index (Phi) is 4.56. The molecule has 20 heavy (non-hydrogen) atoms. The van der Waals surface area contributed by atoms with Crippen molar-refractivity contribution in [1.82, 2.24) is 10.5 Å². The maximum absolute atomic E-state index is 12.1. The van der Waals surface area contributed by atoms with Crippen molar-refractivity contribution in [3.8, 4) is 0 Å². The number of rotatable bonds is 5. The second kappa shape index (κ2) is 6.37. The van der Waals surface area contributed by atoms with Gasteiger partial charge in [0, 0.05) is 12.5 Å². The third-order valence-corrected chi connectivity index (χ3v) is 3.05. The van der Waals surface area contributed by atoms with Crippen molar-refractivity contribution in [3.63, 3.8) is 0 Å². The molecule has 1 amide bonds. The molecule has 1 N–H and O–H groups in total. The predicted molar refractivity (Wildman–Crippen MR) is 77.4 cm³/mol. The van der Waals surface area contributed by atoms with Crippen LogP contribution in [0.5, 0.6) is 0 Å². The molecule has 0 fully saturated rings. The largest absolute Gasteiger partial charge is 0.361 e. The molecule has 0 unspecified atom stereocenters. The van der Waals surface area contributed by atoms with E-state index in [0.717, 1.165) is 17.7 Å². The van der Waals surface area contributed by atoms with Crippen molar-refractivity contribution in [2.75, 3.05) is 0 Å². The summed E-state index contributed by atoms with van der Waals surface area (Å²) in [6.07, 6.45) is 0.786. The first kappa shape index (κ1) is 14.3. The molecule has 106 valence electrons. The Morgan fingerprint density at radius 3 is 2.60 bits per heavy atom. The van der Waals surface area contributed by atoms with Gasteiger partial charge in [-0.1, -0.05) is 49.3 Å². The first-order valence-electron chi connectivity index (χ1n) is 6.87. The lowest BCUT2D eigenvalue weighted by Crippen LogP contribution is -2.26. The SMILES string of the molecule is CC(C)Cc1cc(C(=O)N[C@@H](C)c2ccccc2)no1. The van der Waals surface area contributed by atoms with Crippen LogP contribution in [0.1, 0.15) is 48.6 Å². The van der Waals surface area contributed by atoms with Crippen LogP contribution in [0.25, 0.3) is 0 Å². The lowest BCUT2D eigenvalue weighted by atomic mass is 10.1. The van der Waals surface area contributed by atoms with E-state index < -0.39 is 0 Å². The molecule has 2 aromatic rings. The number of nitrogens with zero attached hydrogens (tertiary/aromatic N) is 1. The molecule has 2 rings (SSSR count). The molecule has 4 nitrogen and oxygen atoms in total. The molecular weight excluding hydrogens is 252 g/mol. The Balaban J connectivity index is 1.99. The molecule has 0 saturated heterocycles. The van der Waals surface area contributed by atoms with E-state index in [9.17, 15) is 4.79 Å². The minimum Gasteiger partial charge on any atom is -0.361 e. The van der Waals surface area contributed by atoms with Gasteiger partial charge in [0.25, 0.3) is 5.91 Å². The summed E-state index contributed by atoms with van der Waals surface area (Å²) in [6, 6.07) is 11.5. The van der Waals surface area contributed by atoms with E-state index in [1.165, 1.54) is 0 Å². The van der Waals surface area contributed by atoms with E-state index >= 15 is 0 Å². The third kappa shape index (κ3) is 3.70. The molecule has 1 aromatic carbocycles. The monoisotopic (exact) mass is 272 g/mol. The fourth-order valence-electron chi connectivity index (χ4n) is 2.01. The van der Waals surface area contributed by atoms with E-state index in [-0.39, 0.29) is 11.9 Å². The van der Waals surface area contributed by atoms with Gasteiger partial charge in [0.2, 0.25) is 0 Å². The summed E-state index contributed by atoms with van der Waals surface area (Å²) in [5.74, 6) is 1.01. The van der Waals surface area contributed by atoms with Crippen LogP contribution in [0.3, 0.4) is 0 Å². The molecule has 0 radical (unpaired) electrons. The summed E-state index contributed by atoms with van der Waals surface area (Å²) in [6.45, 7) is 6.14. The molecule has 0 aliphatic heterocycles. The number of carbonyl (C=O) groups is 1. The molecular formula is C16H20N2O2. The number of hydrogen-bond donors (Lipinski definition) is 1. The Hall–Kier alpha value is -2.10. The maximum atomic E-state index is 12.1. The number of amides is 1. The standard InChI is InChI=1S/C16H20N2O2/c1-11(2)9-14-10-15(18-20-14)16(19)17-12(3)13-7-5-4-6-8-13/h4-8,10-12H,9H2,1-3H3,(H,17,19)/t12-/m0/s1. The van der Waals surface area contributed by atoms with Gasteiger partial charge < -0.3 is 9.84 Å². The third-order valence-electron chi connectivity index (χ3n) is 3.05. The van der Waals surface area contributed by atoms with Gasteiger partial charge in [-0.25, -0.2) is 0 Å². The molecule has 1 heterocycles. The maximum Gasteiger partial charge on any atom is 0.273 e. The zero-order valence-electron chi connectivity index (χ0n) is 12.1. The van der Waals surface area contributed by atoms with Gasteiger partial charge in [0.05, 0.1) is 6.04 Å².